The van der Waals surface area contributed by atoms with Crippen LogP contribution in [0.25, 0.3) is 10.4 Å². The van der Waals surface area contributed by atoms with Gasteiger partial charge < -0.3 is 0 Å². The summed E-state index contributed by atoms with van der Waals surface area (Å²) in [5.74, 6) is 0.307. The van der Waals surface area contributed by atoms with Crippen LogP contribution < -0.4 is 0 Å². The van der Waals surface area contributed by atoms with Gasteiger partial charge in [-0.25, -0.2) is 0 Å². The number of rotatable bonds is 3. The molecule has 0 spiro atoms. The maximum absolute atomic E-state index is 8.12. The summed E-state index contributed by atoms with van der Waals surface area (Å²) >= 11 is 0. The molecule has 0 aliphatic heterocycles. The van der Waals surface area contributed by atoms with Gasteiger partial charge in [-0.1, -0.05) is 42.4 Å². The number of hydrogen-bond acceptors (Lipinski definition) is 1. The third-order valence-corrected chi connectivity index (χ3v) is 1.79. The predicted molar refractivity (Wildman–Crippen MR) is 48.9 cm³/mol. The first kappa shape index (κ1) is 8.62. The zero-order valence-electron chi connectivity index (χ0n) is 7.01. The van der Waals surface area contributed by atoms with Crippen molar-refractivity contribution in [2.75, 3.05) is 6.54 Å². The molecule has 0 radical (unpaired) electrons. The molecule has 0 aliphatic rings. The second-order valence-corrected chi connectivity index (χ2v) is 2.73. The van der Waals surface area contributed by atoms with Crippen molar-refractivity contribution in [3.05, 3.63) is 46.3 Å². The van der Waals surface area contributed by atoms with Gasteiger partial charge in [-0.2, -0.15) is 0 Å². The molecule has 0 fully saturated rings. The van der Waals surface area contributed by atoms with Gasteiger partial charge in [0.15, 0.2) is 0 Å². The Kier molecular flexibility index (Phi) is 3.17. The van der Waals surface area contributed by atoms with E-state index in [1.54, 1.807) is 0 Å². The Labute approximate surface area is 71.7 Å². The molecule has 1 rings (SSSR count). The summed E-state index contributed by atoms with van der Waals surface area (Å²) < 4.78 is 0. The summed E-state index contributed by atoms with van der Waals surface area (Å²) in [6.07, 6.45) is 0. The number of benzene rings is 1. The van der Waals surface area contributed by atoms with Gasteiger partial charge in [0.1, 0.15) is 0 Å². The van der Waals surface area contributed by atoms with E-state index in [9.17, 15) is 0 Å². The van der Waals surface area contributed by atoms with Gasteiger partial charge in [-0.3, -0.25) is 0 Å². The van der Waals surface area contributed by atoms with E-state index in [4.69, 9.17) is 5.53 Å². The lowest BCUT2D eigenvalue weighted by molar-refractivity contribution is 0.769. The molecule has 1 unspecified atom stereocenters. The molecule has 62 valence electrons. The second kappa shape index (κ2) is 4.42. The summed E-state index contributed by atoms with van der Waals surface area (Å²) in [6, 6.07) is 10.0. The first-order valence-electron chi connectivity index (χ1n) is 3.90. The van der Waals surface area contributed by atoms with Crippen LogP contribution in [0.5, 0.6) is 0 Å². The Hall–Kier alpha value is -1.47. The van der Waals surface area contributed by atoms with E-state index >= 15 is 0 Å². The third kappa shape index (κ3) is 2.29. The van der Waals surface area contributed by atoms with Crippen LogP contribution in [-0.4, -0.2) is 6.54 Å². The van der Waals surface area contributed by atoms with Crippen molar-refractivity contribution in [1.82, 2.24) is 0 Å². The van der Waals surface area contributed by atoms with E-state index in [0.29, 0.717) is 12.5 Å². The zero-order valence-corrected chi connectivity index (χ0v) is 7.01. The second-order valence-electron chi connectivity index (χ2n) is 2.73. The molecule has 1 aromatic rings. The van der Waals surface area contributed by atoms with Crippen LogP contribution in [0.2, 0.25) is 0 Å². The molecular formula is C9H11N3. The molecule has 0 bridgehead atoms. The van der Waals surface area contributed by atoms with Crippen LogP contribution >= 0.6 is 0 Å². The summed E-state index contributed by atoms with van der Waals surface area (Å²) in [7, 11) is 0. The lowest BCUT2D eigenvalue weighted by Crippen LogP contribution is -1.95. The average molecular weight is 161 g/mol. The Morgan fingerprint density at radius 1 is 1.42 bits per heavy atom. The van der Waals surface area contributed by atoms with E-state index in [0.717, 1.165) is 0 Å². The SMILES string of the molecule is CC(CN=[N+]=[N-])c1ccccc1. The maximum Gasteiger partial charge on any atom is 0.0324 e. The normalized spacial score (nSPS) is 11.8. The van der Waals surface area contributed by atoms with Crippen molar-refractivity contribution in [1.29, 1.82) is 0 Å². The monoisotopic (exact) mass is 161 g/mol. The molecule has 3 nitrogen and oxygen atoms in total. The van der Waals surface area contributed by atoms with Gasteiger partial charge in [0, 0.05) is 11.5 Å². The standard InChI is InChI=1S/C9H11N3/c1-8(7-11-12-10)9-5-3-2-4-6-9/h2-6,8H,7H2,1H3. The van der Waals surface area contributed by atoms with Gasteiger partial charge in [0.05, 0.1) is 0 Å². The molecule has 3 heteroatoms. The molecule has 0 saturated heterocycles. The molecule has 12 heavy (non-hydrogen) atoms. The van der Waals surface area contributed by atoms with Gasteiger partial charge in [-0.15, -0.1) is 0 Å². The minimum Gasteiger partial charge on any atom is -0.0934 e. The molecule has 0 aromatic heterocycles. The van der Waals surface area contributed by atoms with Gasteiger partial charge in [0.2, 0.25) is 0 Å². The summed E-state index contributed by atoms with van der Waals surface area (Å²) in [5, 5.41) is 3.53. The van der Waals surface area contributed by atoms with Gasteiger partial charge >= 0.3 is 0 Å². The number of nitrogens with zero attached hydrogens (tertiary/aromatic N) is 3. The largest absolute Gasteiger partial charge is 0.0934 e. The van der Waals surface area contributed by atoms with E-state index in [1.165, 1.54) is 5.56 Å². The van der Waals surface area contributed by atoms with Crippen LogP contribution in [0, 0.1) is 0 Å². The molecule has 0 N–H and O–H groups in total. The lowest BCUT2D eigenvalue weighted by atomic mass is 10.0. The maximum atomic E-state index is 8.12. The molecule has 0 heterocycles. The van der Waals surface area contributed by atoms with E-state index in [-0.39, 0.29) is 0 Å². The average Bonchev–Trinajstić information content (AvgIpc) is 2.15. The van der Waals surface area contributed by atoms with Crippen molar-refractivity contribution in [3.63, 3.8) is 0 Å². The van der Waals surface area contributed by atoms with Crippen molar-refractivity contribution in [2.45, 2.75) is 12.8 Å². The fourth-order valence-corrected chi connectivity index (χ4v) is 1.05. The van der Waals surface area contributed by atoms with Gasteiger partial charge in [0.25, 0.3) is 0 Å². The van der Waals surface area contributed by atoms with Crippen LogP contribution in [0.15, 0.2) is 35.4 Å². The highest BCUT2D eigenvalue weighted by Crippen LogP contribution is 2.14. The Morgan fingerprint density at radius 2 is 2.08 bits per heavy atom. The summed E-state index contributed by atoms with van der Waals surface area (Å²) in [5.41, 5.74) is 9.33. The molecule has 0 amide bonds. The minimum absolute atomic E-state index is 0.307. The highest BCUT2D eigenvalue weighted by Gasteiger charge is 2.01. The first-order valence-corrected chi connectivity index (χ1v) is 3.90. The van der Waals surface area contributed by atoms with Crippen LogP contribution in [0.3, 0.4) is 0 Å². The molecular weight excluding hydrogens is 150 g/mol. The topological polar surface area (TPSA) is 48.8 Å². The molecule has 1 aromatic carbocycles. The van der Waals surface area contributed by atoms with Crippen molar-refractivity contribution >= 4 is 0 Å². The molecule has 0 aliphatic carbocycles. The highest BCUT2D eigenvalue weighted by molar-refractivity contribution is 5.18. The van der Waals surface area contributed by atoms with Crippen LogP contribution in [0.4, 0.5) is 0 Å². The van der Waals surface area contributed by atoms with Crippen molar-refractivity contribution in [3.8, 4) is 0 Å². The summed E-state index contributed by atoms with van der Waals surface area (Å²) in [6.45, 7) is 2.57. The highest BCUT2D eigenvalue weighted by atomic mass is 15.1. The zero-order chi connectivity index (χ0) is 8.81. The molecule has 1 atom stereocenters. The van der Waals surface area contributed by atoms with Crippen molar-refractivity contribution in [2.24, 2.45) is 5.11 Å². The lowest BCUT2D eigenvalue weighted by Gasteiger charge is -2.06. The predicted octanol–water partition coefficient (Wildman–Crippen LogP) is 3.10. The Bertz CT molecular complexity index is 275. The number of azide groups is 1. The first-order chi connectivity index (χ1) is 5.84. The van der Waals surface area contributed by atoms with E-state index < -0.39 is 0 Å². The Morgan fingerprint density at radius 3 is 2.67 bits per heavy atom. The van der Waals surface area contributed by atoms with Crippen LogP contribution in [0.1, 0.15) is 18.4 Å². The third-order valence-electron chi connectivity index (χ3n) is 1.79. The number of hydrogen-bond donors (Lipinski definition) is 0. The van der Waals surface area contributed by atoms with E-state index in [1.807, 2.05) is 37.3 Å². The van der Waals surface area contributed by atoms with Gasteiger partial charge in [-0.05, 0) is 17.0 Å². The van der Waals surface area contributed by atoms with E-state index in [2.05, 4.69) is 10.0 Å². The smallest absolute Gasteiger partial charge is 0.0324 e. The fraction of sp³-hybridized carbons (Fsp3) is 0.333. The fourth-order valence-electron chi connectivity index (χ4n) is 1.05. The van der Waals surface area contributed by atoms with Crippen LogP contribution in [-0.2, 0) is 0 Å². The Balaban J connectivity index is 2.65. The van der Waals surface area contributed by atoms with Crippen molar-refractivity contribution < 1.29 is 0 Å². The molecule has 0 saturated carbocycles. The minimum atomic E-state index is 0.307. The quantitative estimate of drug-likeness (QED) is 0.371. The summed E-state index contributed by atoms with van der Waals surface area (Å²) in [4.78, 5) is 2.73.